The van der Waals surface area contributed by atoms with Gasteiger partial charge >= 0.3 is 0 Å². The summed E-state index contributed by atoms with van der Waals surface area (Å²) in [5.74, 6) is 0.918. The number of benzene rings is 1. The number of aromatic nitrogens is 1. The summed E-state index contributed by atoms with van der Waals surface area (Å²) in [6.07, 6.45) is 3.60. The van der Waals surface area contributed by atoms with Crippen molar-refractivity contribution >= 4 is 5.91 Å². The quantitative estimate of drug-likeness (QED) is 0.773. The van der Waals surface area contributed by atoms with Gasteiger partial charge in [-0.05, 0) is 31.0 Å². The van der Waals surface area contributed by atoms with Gasteiger partial charge in [0.2, 0.25) is 5.91 Å². The lowest BCUT2D eigenvalue weighted by Gasteiger charge is -2.24. The average Bonchev–Trinajstić information content (AvgIpc) is 3.46. The predicted octanol–water partition coefficient (Wildman–Crippen LogP) is 2.06. The van der Waals surface area contributed by atoms with Crippen molar-refractivity contribution in [1.82, 2.24) is 9.47 Å². The van der Waals surface area contributed by atoms with Crippen LogP contribution in [-0.2, 0) is 17.9 Å². The van der Waals surface area contributed by atoms with Crippen LogP contribution in [0.5, 0.6) is 11.5 Å². The van der Waals surface area contributed by atoms with Gasteiger partial charge in [-0.3, -0.25) is 9.59 Å². The molecule has 3 rings (SSSR count). The third kappa shape index (κ3) is 3.84. The molecule has 1 aliphatic carbocycles. The van der Waals surface area contributed by atoms with Crippen molar-refractivity contribution < 1.29 is 14.3 Å². The van der Waals surface area contributed by atoms with E-state index in [1.165, 1.54) is 11.7 Å². The molecule has 1 aromatic heterocycles. The summed E-state index contributed by atoms with van der Waals surface area (Å²) in [6.45, 7) is 0.480. The van der Waals surface area contributed by atoms with Gasteiger partial charge in [0.15, 0.2) is 5.75 Å². The Balaban J connectivity index is 1.79. The van der Waals surface area contributed by atoms with Crippen LogP contribution in [0.15, 0.2) is 47.4 Å². The zero-order chi connectivity index (χ0) is 17.8. The number of hydrogen-bond donors (Lipinski definition) is 0. The van der Waals surface area contributed by atoms with Crippen LogP contribution in [0.1, 0.15) is 18.4 Å². The van der Waals surface area contributed by atoms with Crippen molar-refractivity contribution in [3.63, 3.8) is 0 Å². The molecule has 0 spiro atoms. The van der Waals surface area contributed by atoms with Gasteiger partial charge in [-0.1, -0.05) is 18.2 Å². The summed E-state index contributed by atoms with van der Waals surface area (Å²) in [4.78, 5) is 26.9. The maximum Gasteiger partial charge on any atom is 0.293 e. The Morgan fingerprint density at radius 1 is 1.12 bits per heavy atom. The molecule has 2 aromatic rings. The fourth-order valence-electron chi connectivity index (χ4n) is 2.86. The number of rotatable bonds is 7. The van der Waals surface area contributed by atoms with Crippen LogP contribution in [0.4, 0.5) is 0 Å². The standard InChI is InChI=1S/C19H22N2O4/c1-24-16-7-4-3-6-14(16)12-21(15-9-10-15)18(22)13-20-11-5-8-17(25-2)19(20)23/h3-8,11,15H,9-10,12-13H2,1-2H3. The van der Waals surface area contributed by atoms with E-state index in [-0.39, 0.29) is 29.8 Å². The summed E-state index contributed by atoms with van der Waals surface area (Å²) < 4.78 is 11.8. The molecule has 25 heavy (non-hydrogen) atoms. The molecule has 132 valence electrons. The van der Waals surface area contributed by atoms with Crippen molar-refractivity contribution in [2.75, 3.05) is 14.2 Å². The maximum absolute atomic E-state index is 12.8. The highest BCUT2D eigenvalue weighted by atomic mass is 16.5. The predicted molar refractivity (Wildman–Crippen MR) is 93.8 cm³/mol. The lowest BCUT2D eigenvalue weighted by molar-refractivity contribution is -0.133. The number of amides is 1. The molecule has 0 bridgehead atoms. The number of carbonyl (C=O) groups is 1. The molecule has 0 aliphatic heterocycles. The van der Waals surface area contributed by atoms with Crippen molar-refractivity contribution in [1.29, 1.82) is 0 Å². The average molecular weight is 342 g/mol. The Morgan fingerprint density at radius 2 is 1.80 bits per heavy atom. The van der Waals surface area contributed by atoms with Crippen LogP contribution in [0.2, 0.25) is 0 Å². The van der Waals surface area contributed by atoms with Crippen LogP contribution in [0, 0.1) is 0 Å². The third-order valence-electron chi connectivity index (χ3n) is 4.35. The Morgan fingerprint density at radius 3 is 2.48 bits per heavy atom. The van der Waals surface area contributed by atoms with Crippen LogP contribution in [0.3, 0.4) is 0 Å². The van der Waals surface area contributed by atoms with E-state index in [4.69, 9.17) is 9.47 Å². The van der Waals surface area contributed by atoms with E-state index < -0.39 is 0 Å². The van der Waals surface area contributed by atoms with E-state index in [0.29, 0.717) is 6.54 Å². The number of ether oxygens (including phenoxy) is 2. The van der Waals surface area contributed by atoms with E-state index in [1.54, 1.807) is 25.4 Å². The Bertz CT molecular complexity index is 811. The molecule has 0 saturated heterocycles. The molecule has 1 aliphatic rings. The minimum atomic E-state index is -0.300. The van der Waals surface area contributed by atoms with Gasteiger partial charge in [0, 0.05) is 24.3 Å². The van der Waals surface area contributed by atoms with Crippen molar-refractivity contribution in [3.8, 4) is 11.5 Å². The zero-order valence-corrected chi connectivity index (χ0v) is 14.5. The number of pyridine rings is 1. The normalized spacial score (nSPS) is 13.4. The maximum atomic E-state index is 12.8. The topological polar surface area (TPSA) is 60.8 Å². The van der Waals surface area contributed by atoms with Gasteiger partial charge < -0.3 is 18.9 Å². The van der Waals surface area contributed by atoms with Gasteiger partial charge in [0.25, 0.3) is 5.56 Å². The Kier molecular flexibility index (Phi) is 5.07. The molecule has 0 unspecified atom stereocenters. The van der Waals surface area contributed by atoms with Gasteiger partial charge in [-0.2, -0.15) is 0 Å². The largest absolute Gasteiger partial charge is 0.496 e. The van der Waals surface area contributed by atoms with E-state index in [2.05, 4.69) is 0 Å². The fourth-order valence-corrected chi connectivity index (χ4v) is 2.86. The monoisotopic (exact) mass is 342 g/mol. The third-order valence-corrected chi connectivity index (χ3v) is 4.35. The highest BCUT2D eigenvalue weighted by Gasteiger charge is 2.33. The van der Waals surface area contributed by atoms with E-state index in [9.17, 15) is 9.59 Å². The molecule has 6 heteroatoms. The summed E-state index contributed by atoms with van der Waals surface area (Å²) in [7, 11) is 3.07. The van der Waals surface area contributed by atoms with E-state index in [0.717, 1.165) is 24.2 Å². The zero-order valence-electron chi connectivity index (χ0n) is 14.5. The molecule has 0 N–H and O–H groups in total. The molecule has 0 radical (unpaired) electrons. The van der Waals surface area contributed by atoms with E-state index >= 15 is 0 Å². The number of hydrogen-bond acceptors (Lipinski definition) is 4. The number of para-hydroxylation sites is 1. The van der Waals surface area contributed by atoms with Crippen LogP contribution >= 0.6 is 0 Å². The van der Waals surface area contributed by atoms with Crippen LogP contribution < -0.4 is 15.0 Å². The van der Waals surface area contributed by atoms with Gasteiger partial charge in [-0.25, -0.2) is 0 Å². The van der Waals surface area contributed by atoms with Gasteiger partial charge in [-0.15, -0.1) is 0 Å². The first-order chi connectivity index (χ1) is 12.1. The van der Waals surface area contributed by atoms with Gasteiger partial charge in [0.1, 0.15) is 12.3 Å². The molecule has 0 atom stereocenters. The smallest absolute Gasteiger partial charge is 0.293 e. The highest BCUT2D eigenvalue weighted by molar-refractivity contribution is 5.77. The summed E-state index contributed by atoms with van der Waals surface area (Å²) in [5, 5.41) is 0. The summed E-state index contributed by atoms with van der Waals surface area (Å²) >= 11 is 0. The summed E-state index contributed by atoms with van der Waals surface area (Å²) in [5.41, 5.74) is 0.662. The minimum Gasteiger partial charge on any atom is -0.496 e. The fraction of sp³-hybridized carbons (Fsp3) is 0.368. The SMILES string of the molecule is COc1ccccc1CN(C(=O)Cn1cccc(OC)c1=O)C1CC1. The van der Waals surface area contributed by atoms with Crippen molar-refractivity contribution in [3.05, 3.63) is 58.5 Å². The minimum absolute atomic E-state index is 0.00167. The Hall–Kier alpha value is -2.76. The second kappa shape index (κ2) is 7.42. The molecule has 1 saturated carbocycles. The lowest BCUT2D eigenvalue weighted by atomic mass is 10.2. The van der Waals surface area contributed by atoms with Crippen LogP contribution in [-0.4, -0.2) is 35.6 Å². The summed E-state index contributed by atoms with van der Waals surface area (Å²) in [6, 6.07) is 11.2. The second-order valence-electron chi connectivity index (χ2n) is 6.07. The first-order valence-corrected chi connectivity index (χ1v) is 8.29. The second-order valence-corrected chi connectivity index (χ2v) is 6.07. The van der Waals surface area contributed by atoms with Crippen molar-refractivity contribution in [2.45, 2.75) is 32.0 Å². The number of carbonyl (C=O) groups excluding carboxylic acids is 1. The Labute approximate surface area is 146 Å². The molecule has 6 nitrogen and oxygen atoms in total. The van der Waals surface area contributed by atoms with Crippen LogP contribution in [0.25, 0.3) is 0 Å². The molecule has 1 heterocycles. The first-order valence-electron chi connectivity index (χ1n) is 8.29. The van der Waals surface area contributed by atoms with Crippen molar-refractivity contribution in [2.24, 2.45) is 0 Å². The number of nitrogens with zero attached hydrogens (tertiary/aromatic N) is 2. The molecule has 1 amide bonds. The highest BCUT2D eigenvalue weighted by Crippen LogP contribution is 2.30. The lowest BCUT2D eigenvalue weighted by Crippen LogP contribution is -2.37. The van der Waals surface area contributed by atoms with Gasteiger partial charge in [0.05, 0.1) is 14.2 Å². The first kappa shape index (κ1) is 17.1. The van der Waals surface area contributed by atoms with E-state index in [1.807, 2.05) is 29.2 Å². The molecular weight excluding hydrogens is 320 g/mol. The number of methoxy groups -OCH3 is 2. The molecule has 1 fully saturated rings. The molecule has 1 aromatic carbocycles. The molecular formula is C19H22N2O4.